The second-order valence-corrected chi connectivity index (χ2v) is 7.00. The Kier molecular flexibility index (Phi) is 8.52. The van der Waals surface area contributed by atoms with Crippen molar-refractivity contribution >= 4 is 0 Å². The Balaban J connectivity index is 1.57. The molecule has 1 aliphatic carbocycles. The molecule has 0 aliphatic heterocycles. The molecular weight excluding hydrogens is 282 g/mol. The smallest absolute Gasteiger partial charge is 0.119 e. The van der Waals surface area contributed by atoms with Crippen molar-refractivity contribution in [3.8, 4) is 5.75 Å². The van der Waals surface area contributed by atoms with Gasteiger partial charge >= 0.3 is 0 Å². The fraction of sp³-hybridized carbons (Fsp3) is 0.714. The van der Waals surface area contributed by atoms with Crippen LogP contribution in [0.1, 0.15) is 75.8 Å². The summed E-state index contributed by atoms with van der Waals surface area (Å²) in [6, 6.07) is 7.20. The van der Waals surface area contributed by atoms with Crippen molar-refractivity contribution in [1.29, 1.82) is 0 Å². The van der Waals surface area contributed by atoms with Gasteiger partial charge in [0.2, 0.25) is 0 Å². The number of benzene rings is 1. The maximum atomic E-state index is 5.36. The van der Waals surface area contributed by atoms with E-state index in [2.05, 4.69) is 30.4 Å². The third kappa shape index (κ3) is 6.55. The van der Waals surface area contributed by atoms with Gasteiger partial charge < -0.3 is 10.1 Å². The van der Waals surface area contributed by atoms with Crippen LogP contribution in [0.25, 0.3) is 0 Å². The monoisotopic (exact) mass is 317 g/mol. The Morgan fingerprint density at radius 1 is 1.00 bits per heavy atom. The molecule has 0 fully saturated rings. The predicted octanol–water partition coefficient (Wildman–Crippen LogP) is 5.28. The lowest BCUT2D eigenvalue weighted by Gasteiger charge is -2.26. The van der Waals surface area contributed by atoms with E-state index in [0.29, 0.717) is 6.04 Å². The van der Waals surface area contributed by atoms with E-state index in [0.717, 1.165) is 12.2 Å². The van der Waals surface area contributed by atoms with Crippen molar-refractivity contribution in [2.75, 3.05) is 13.7 Å². The Morgan fingerprint density at radius 2 is 1.74 bits per heavy atom. The molecule has 0 spiro atoms. The van der Waals surface area contributed by atoms with Gasteiger partial charge in [-0.2, -0.15) is 0 Å². The number of methoxy groups -OCH3 is 1. The van der Waals surface area contributed by atoms with Gasteiger partial charge in [0.05, 0.1) is 7.11 Å². The summed E-state index contributed by atoms with van der Waals surface area (Å²) >= 11 is 0. The molecule has 1 aliphatic rings. The first-order valence-electron chi connectivity index (χ1n) is 9.72. The molecule has 0 amide bonds. The third-order valence-corrected chi connectivity index (χ3v) is 5.11. The number of unbranched alkanes of at least 4 members (excludes halogenated alkanes) is 7. The van der Waals surface area contributed by atoms with Gasteiger partial charge in [-0.1, -0.05) is 57.9 Å². The summed E-state index contributed by atoms with van der Waals surface area (Å²) in [5.74, 6) is 0.993. The number of rotatable bonds is 11. The summed E-state index contributed by atoms with van der Waals surface area (Å²) in [4.78, 5) is 0. The second kappa shape index (κ2) is 10.7. The third-order valence-electron chi connectivity index (χ3n) is 5.11. The second-order valence-electron chi connectivity index (χ2n) is 7.00. The largest absolute Gasteiger partial charge is 0.497 e. The Labute approximate surface area is 143 Å². The highest BCUT2D eigenvalue weighted by atomic mass is 16.5. The van der Waals surface area contributed by atoms with Crippen LogP contribution in [-0.4, -0.2) is 19.7 Å². The van der Waals surface area contributed by atoms with Gasteiger partial charge in [-0.15, -0.1) is 0 Å². The maximum absolute atomic E-state index is 5.36. The van der Waals surface area contributed by atoms with Crippen molar-refractivity contribution in [2.24, 2.45) is 0 Å². The summed E-state index contributed by atoms with van der Waals surface area (Å²) < 4.78 is 5.36. The molecule has 0 aromatic heterocycles. The first kappa shape index (κ1) is 18.3. The van der Waals surface area contributed by atoms with E-state index in [1.165, 1.54) is 81.9 Å². The van der Waals surface area contributed by atoms with Gasteiger partial charge in [-0.3, -0.25) is 0 Å². The molecule has 0 heterocycles. The van der Waals surface area contributed by atoms with Gasteiger partial charge in [-0.25, -0.2) is 0 Å². The van der Waals surface area contributed by atoms with Crippen LogP contribution in [0.4, 0.5) is 0 Å². The standard InChI is InChI=1S/C21H35NO/c1-3-4-5-6-7-8-9-10-15-22-20-13-11-18-12-14-21(23-2)17-19(18)16-20/h12,14,17,20,22H,3-11,13,15-16H2,1-2H3. The van der Waals surface area contributed by atoms with Crippen molar-refractivity contribution < 1.29 is 4.74 Å². The summed E-state index contributed by atoms with van der Waals surface area (Å²) in [5.41, 5.74) is 2.99. The van der Waals surface area contributed by atoms with E-state index >= 15 is 0 Å². The van der Waals surface area contributed by atoms with E-state index in [1.54, 1.807) is 7.11 Å². The van der Waals surface area contributed by atoms with Crippen LogP contribution in [0.3, 0.4) is 0 Å². The molecule has 2 nitrogen and oxygen atoms in total. The molecule has 2 heteroatoms. The van der Waals surface area contributed by atoms with Crippen LogP contribution < -0.4 is 10.1 Å². The van der Waals surface area contributed by atoms with Gasteiger partial charge in [0.15, 0.2) is 0 Å². The maximum Gasteiger partial charge on any atom is 0.119 e. The van der Waals surface area contributed by atoms with Crippen LogP contribution >= 0.6 is 0 Å². The summed E-state index contributed by atoms with van der Waals surface area (Å²) in [5, 5.41) is 3.77. The van der Waals surface area contributed by atoms with Gasteiger partial charge in [0.1, 0.15) is 5.75 Å². The molecule has 1 aromatic carbocycles. The molecule has 1 atom stereocenters. The summed E-state index contributed by atoms with van der Waals surface area (Å²) in [6.45, 7) is 3.46. The highest BCUT2D eigenvalue weighted by molar-refractivity contribution is 5.37. The lowest BCUT2D eigenvalue weighted by molar-refractivity contribution is 0.410. The van der Waals surface area contributed by atoms with E-state index in [4.69, 9.17) is 4.74 Å². The van der Waals surface area contributed by atoms with E-state index in [-0.39, 0.29) is 0 Å². The first-order valence-corrected chi connectivity index (χ1v) is 9.72. The number of nitrogens with one attached hydrogen (secondary N) is 1. The van der Waals surface area contributed by atoms with Crippen molar-refractivity contribution in [3.63, 3.8) is 0 Å². The molecule has 1 unspecified atom stereocenters. The number of fused-ring (bicyclic) bond motifs is 1. The topological polar surface area (TPSA) is 21.3 Å². The SMILES string of the molecule is CCCCCCCCCCNC1CCc2ccc(OC)cc2C1. The van der Waals surface area contributed by atoms with Crippen LogP contribution in [0.2, 0.25) is 0 Å². The number of hydrogen-bond acceptors (Lipinski definition) is 2. The average molecular weight is 318 g/mol. The van der Waals surface area contributed by atoms with Crippen molar-refractivity contribution in [1.82, 2.24) is 5.32 Å². The van der Waals surface area contributed by atoms with Crippen LogP contribution in [0.15, 0.2) is 18.2 Å². The minimum Gasteiger partial charge on any atom is -0.497 e. The summed E-state index contributed by atoms with van der Waals surface area (Å²) in [7, 11) is 1.75. The molecule has 0 saturated carbocycles. The first-order chi connectivity index (χ1) is 11.3. The van der Waals surface area contributed by atoms with Crippen molar-refractivity contribution in [2.45, 2.75) is 83.6 Å². The highest BCUT2D eigenvalue weighted by Crippen LogP contribution is 2.25. The van der Waals surface area contributed by atoms with Crippen molar-refractivity contribution in [3.05, 3.63) is 29.3 Å². The number of aryl methyl sites for hydroxylation is 1. The normalized spacial score (nSPS) is 17.0. The Morgan fingerprint density at radius 3 is 2.48 bits per heavy atom. The molecule has 23 heavy (non-hydrogen) atoms. The zero-order chi connectivity index (χ0) is 16.3. The molecule has 1 N–H and O–H groups in total. The molecule has 130 valence electrons. The fourth-order valence-electron chi connectivity index (χ4n) is 3.60. The van der Waals surface area contributed by atoms with E-state index in [9.17, 15) is 0 Å². The molecule has 0 radical (unpaired) electrons. The fourth-order valence-corrected chi connectivity index (χ4v) is 3.60. The molecule has 0 saturated heterocycles. The lowest BCUT2D eigenvalue weighted by atomic mass is 9.88. The minimum atomic E-state index is 0.652. The molecule has 0 bridgehead atoms. The van der Waals surface area contributed by atoms with Gasteiger partial charge in [-0.05, 0) is 55.5 Å². The average Bonchev–Trinajstić information content (AvgIpc) is 2.59. The highest BCUT2D eigenvalue weighted by Gasteiger charge is 2.18. The Bertz CT molecular complexity index is 443. The van der Waals surface area contributed by atoms with E-state index in [1.807, 2.05) is 0 Å². The minimum absolute atomic E-state index is 0.652. The molecular formula is C21H35NO. The van der Waals surface area contributed by atoms with Crippen LogP contribution in [-0.2, 0) is 12.8 Å². The number of ether oxygens (including phenoxy) is 1. The lowest BCUT2D eigenvalue weighted by Crippen LogP contribution is -2.35. The summed E-state index contributed by atoms with van der Waals surface area (Å²) in [6.07, 6.45) is 14.8. The van der Waals surface area contributed by atoms with Crippen LogP contribution in [0.5, 0.6) is 5.75 Å². The van der Waals surface area contributed by atoms with Gasteiger partial charge in [0.25, 0.3) is 0 Å². The quantitative estimate of drug-likeness (QED) is 0.560. The molecule has 2 rings (SSSR count). The van der Waals surface area contributed by atoms with E-state index < -0.39 is 0 Å². The molecule has 1 aromatic rings. The number of hydrogen-bond donors (Lipinski definition) is 1. The van der Waals surface area contributed by atoms with Gasteiger partial charge in [0, 0.05) is 6.04 Å². The zero-order valence-corrected chi connectivity index (χ0v) is 15.2. The van der Waals surface area contributed by atoms with Crippen LogP contribution in [0, 0.1) is 0 Å². The Hall–Kier alpha value is -1.02. The zero-order valence-electron chi connectivity index (χ0n) is 15.2. The predicted molar refractivity (Wildman–Crippen MR) is 99.4 cm³/mol.